The molecule has 1 aliphatic heterocycles. The second kappa shape index (κ2) is 7.81. The van der Waals surface area contributed by atoms with Crippen LogP contribution in [0.1, 0.15) is 26.7 Å². The molecule has 0 atom stereocenters. The molecule has 74 valence electrons. The first-order valence-electron chi connectivity index (χ1n) is 5.06. The van der Waals surface area contributed by atoms with Gasteiger partial charge in [-0.15, -0.1) is 0 Å². The molecule has 0 saturated carbocycles. The van der Waals surface area contributed by atoms with Gasteiger partial charge in [-0.05, 0) is 37.1 Å². The first-order valence-corrected chi connectivity index (χ1v) is 5.06. The van der Waals surface area contributed by atoms with Crippen molar-refractivity contribution in [2.24, 2.45) is 0 Å². The zero-order valence-electron chi connectivity index (χ0n) is 8.90. The Bertz CT molecular complexity index is 169. The van der Waals surface area contributed by atoms with E-state index in [9.17, 15) is 0 Å². The average Bonchev–Trinajstić information content (AvgIpc) is 2.44. The van der Waals surface area contributed by atoms with Crippen LogP contribution in [0.25, 0.3) is 0 Å². The van der Waals surface area contributed by atoms with E-state index in [1.165, 1.54) is 11.1 Å². The highest BCUT2D eigenvalue weighted by molar-refractivity contribution is 5.32. The average molecular weight is 179 g/mol. The summed E-state index contributed by atoms with van der Waals surface area (Å²) < 4.78 is 0. The molecule has 0 spiro atoms. The Balaban J connectivity index is 0.000000671. The third kappa shape index (κ3) is 4.09. The van der Waals surface area contributed by atoms with Gasteiger partial charge in [-0.2, -0.15) is 0 Å². The van der Waals surface area contributed by atoms with E-state index >= 15 is 0 Å². The third-order valence-corrected chi connectivity index (χ3v) is 2.05. The first-order chi connectivity index (χ1) is 6.38. The highest BCUT2D eigenvalue weighted by Crippen LogP contribution is 2.16. The van der Waals surface area contributed by atoms with Gasteiger partial charge in [0.15, 0.2) is 0 Å². The molecule has 13 heavy (non-hydrogen) atoms. The molecule has 0 unspecified atom stereocenters. The van der Waals surface area contributed by atoms with Crippen molar-refractivity contribution in [2.45, 2.75) is 26.7 Å². The zero-order chi connectivity index (χ0) is 10.1. The van der Waals surface area contributed by atoms with Gasteiger partial charge in [0, 0.05) is 0 Å². The van der Waals surface area contributed by atoms with Gasteiger partial charge in [0.05, 0.1) is 0 Å². The van der Waals surface area contributed by atoms with Crippen LogP contribution in [-0.4, -0.2) is 13.1 Å². The third-order valence-electron chi connectivity index (χ3n) is 2.05. The van der Waals surface area contributed by atoms with Gasteiger partial charge in [-0.3, -0.25) is 0 Å². The predicted molar refractivity (Wildman–Crippen MR) is 60.9 cm³/mol. The quantitative estimate of drug-likeness (QED) is 0.687. The first kappa shape index (κ1) is 12.2. The van der Waals surface area contributed by atoms with Crippen LogP contribution in [0, 0.1) is 0 Å². The molecule has 0 saturated heterocycles. The van der Waals surface area contributed by atoms with Crippen LogP contribution in [0.4, 0.5) is 0 Å². The molecule has 0 radical (unpaired) electrons. The summed E-state index contributed by atoms with van der Waals surface area (Å²) >= 11 is 0. The Morgan fingerprint density at radius 2 is 1.38 bits per heavy atom. The molecule has 0 fully saturated rings. The van der Waals surface area contributed by atoms with Crippen LogP contribution >= 0.6 is 0 Å². The summed E-state index contributed by atoms with van der Waals surface area (Å²) in [6.45, 7) is 13.7. The number of nitrogens with one attached hydrogen (secondary N) is 1. The van der Waals surface area contributed by atoms with Gasteiger partial charge in [0.2, 0.25) is 0 Å². The Labute approximate surface area is 82.2 Å². The van der Waals surface area contributed by atoms with E-state index in [2.05, 4.69) is 18.5 Å². The molecule has 0 amide bonds. The fourth-order valence-electron chi connectivity index (χ4n) is 1.36. The van der Waals surface area contributed by atoms with Crippen LogP contribution in [0.3, 0.4) is 0 Å². The maximum atomic E-state index is 3.79. The lowest BCUT2D eigenvalue weighted by Crippen LogP contribution is -2.14. The van der Waals surface area contributed by atoms with E-state index in [1.54, 1.807) is 0 Å². The number of hydrogen-bond donors (Lipinski definition) is 1. The standard InChI is InChI=1S/C10H15N.C2H6/c1-3-9-5-7-11-8-6-10(9)4-2;1-2/h3-4,11H,1-2,5-8H2;1-2H3. The topological polar surface area (TPSA) is 12.0 Å². The van der Waals surface area contributed by atoms with Crippen molar-refractivity contribution in [2.75, 3.05) is 13.1 Å². The Hall–Kier alpha value is -0.820. The van der Waals surface area contributed by atoms with E-state index in [1.807, 2.05) is 26.0 Å². The molecule has 1 aliphatic rings. The molecule has 0 aromatic heterocycles. The van der Waals surface area contributed by atoms with Crippen molar-refractivity contribution >= 4 is 0 Å². The molecule has 1 nitrogen and oxygen atoms in total. The number of rotatable bonds is 2. The highest BCUT2D eigenvalue weighted by atomic mass is 14.8. The molecular weight excluding hydrogens is 158 g/mol. The monoisotopic (exact) mass is 179 g/mol. The number of hydrogen-bond acceptors (Lipinski definition) is 1. The van der Waals surface area contributed by atoms with Crippen LogP contribution in [0.15, 0.2) is 36.5 Å². The molecule has 1 N–H and O–H groups in total. The second-order valence-electron chi connectivity index (χ2n) is 2.71. The van der Waals surface area contributed by atoms with E-state index < -0.39 is 0 Å². The summed E-state index contributed by atoms with van der Waals surface area (Å²) in [4.78, 5) is 0. The molecule has 0 aromatic rings. The van der Waals surface area contributed by atoms with Gasteiger partial charge in [0.1, 0.15) is 0 Å². The van der Waals surface area contributed by atoms with Crippen molar-refractivity contribution in [3.05, 3.63) is 36.5 Å². The van der Waals surface area contributed by atoms with Crippen molar-refractivity contribution in [3.63, 3.8) is 0 Å². The van der Waals surface area contributed by atoms with E-state index in [0.29, 0.717) is 0 Å². The van der Waals surface area contributed by atoms with Crippen LogP contribution in [0.5, 0.6) is 0 Å². The van der Waals surface area contributed by atoms with Crippen molar-refractivity contribution in [3.8, 4) is 0 Å². The summed E-state index contributed by atoms with van der Waals surface area (Å²) in [5, 5.41) is 3.34. The molecule has 1 rings (SSSR count). The largest absolute Gasteiger partial charge is 0.316 e. The predicted octanol–water partition coefficient (Wildman–Crippen LogP) is 3.06. The van der Waals surface area contributed by atoms with Crippen molar-refractivity contribution < 1.29 is 0 Å². The van der Waals surface area contributed by atoms with Gasteiger partial charge < -0.3 is 5.32 Å². The Morgan fingerprint density at radius 1 is 1.00 bits per heavy atom. The normalized spacial score (nSPS) is 16.8. The summed E-state index contributed by atoms with van der Waals surface area (Å²) in [6, 6.07) is 0. The zero-order valence-corrected chi connectivity index (χ0v) is 8.90. The van der Waals surface area contributed by atoms with Gasteiger partial charge in [-0.1, -0.05) is 39.2 Å². The minimum atomic E-state index is 1.07. The van der Waals surface area contributed by atoms with Crippen LogP contribution in [0.2, 0.25) is 0 Å². The Morgan fingerprint density at radius 3 is 1.69 bits per heavy atom. The lowest BCUT2D eigenvalue weighted by Gasteiger charge is -2.01. The van der Waals surface area contributed by atoms with E-state index in [4.69, 9.17) is 0 Å². The summed E-state index contributed by atoms with van der Waals surface area (Å²) in [5.74, 6) is 0. The van der Waals surface area contributed by atoms with Gasteiger partial charge in [-0.25, -0.2) is 0 Å². The molecular formula is C12H21N. The van der Waals surface area contributed by atoms with E-state index in [0.717, 1.165) is 25.9 Å². The van der Waals surface area contributed by atoms with Crippen LogP contribution < -0.4 is 5.32 Å². The number of allylic oxidation sites excluding steroid dienone is 2. The smallest absolute Gasteiger partial charge is 0.000812 e. The van der Waals surface area contributed by atoms with Crippen molar-refractivity contribution in [1.82, 2.24) is 5.32 Å². The summed E-state index contributed by atoms with van der Waals surface area (Å²) in [6.07, 6.45) is 6.07. The SMILES string of the molecule is C=CC1=C(C=C)CCNCC1.CC. The highest BCUT2D eigenvalue weighted by Gasteiger charge is 2.04. The lowest BCUT2D eigenvalue weighted by molar-refractivity contribution is 0.710. The lowest BCUT2D eigenvalue weighted by atomic mass is 10.0. The minimum absolute atomic E-state index is 1.07. The molecule has 0 aromatic carbocycles. The van der Waals surface area contributed by atoms with Crippen molar-refractivity contribution in [1.29, 1.82) is 0 Å². The maximum Gasteiger partial charge on any atom is -0.000812 e. The Kier molecular flexibility index (Phi) is 7.32. The van der Waals surface area contributed by atoms with Gasteiger partial charge >= 0.3 is 0 Å². The van der Waals surface area contributed by atoms with Crippen LogP contribution in [-0.2, 0) is 0 Å². The molecule has 1 heteroatoms. The molecule has 0 bridgehead atoms. The fourth-order valence-corrected chi connectivity index (χ4v) is 1.36. The molecule has 1 heterocycles. The molecule has 0 aliphatic carbocycles. The maximum absolute atomic E-state index is 3.79. The van der Waals surface area contributed by atoms with E-state index in [-0.39, 0.29) is 0 Å². The minimum Gasteiger partial charge on any atom is -0.316 e. The second-order valence-corrected chi connectivity index (χ2v) is 2.71. The summed E-state index contributed by atoms with van der Waals surface area (Å²) in [5.41, 5.74) is 2.70. The fraction of sp³-hybridized carbons (Fsp3) is 0.500. The van der Waals surface area contributed by atoms with Gasteiger partial charge in [0.25, 0.3) is 0 Å². The summed E-state index contributed by atoms with van der Waals surface area (Å²) in [7, 11) is 0.